The molecule has 2 nitrogen and oxygen atoms in total. The van der Waals surface area contributed by atoms with E-state index in [9.17, 15) is 0 Å². The molecule has 0 amide bonds. The van der Waals surface area contributed by atoms with Gasteiger partial charge in [-0.05, 0) is 0 Å². The van der Waals surface area contributed by atoms with Gasteiger partial charge in [0.05, 0.1) is 12.5 Å². The van der Waals surface area contributed by atoms with Gasteiger partial charge in [-0.1, -0.05) is 11.8 Å². The largest absolute Gasteiger partial charge is 0.469 e. The first-order valence-electron chi connectivity index (χ1n) is 2.41. The van der Waals surface area contributed by atoms with E-state index in [2.05, 4.69) is 0 Å². The predicted molar refractivity (Wildman–Crippen MR) is 37.2 cm³/mol. The van der Waals surface area contributed by atoms with Gasteiger partial charge in [0, 0.05) is 10.8 Å². The van der Waals surface area contributed by atoms with Crippen molar-refractivity contribution >= 4 is 11.8 Å². The zero-order valence-electron chi connectivity index (χ0n) is 4.69. The van der Waals surface area contributed by atoms with Crippen LogP contribution in [0.4, 0.5) is 0 Å². The first kappa shape index (κ1) is 6.29. The van der Waals surface area contributed by atoms with Gasteiger partial charge in [-0.2, -0.15) is 0 Å². The highest BCUT2D eigenvalue weighted by Crippen LogP contribution is 2.05. The molecule has 0 aromatic rings. The third-order valence-electron chi connectivity index (χ3n) is 0.638. The molecule has 9 heavy (non-hydrogen) atoms. The van der Waals surface area contributed by atoms with Crippen molar-refractivity contribution in [3.63, 3.8) is 0 Å². The minimum Gasteiger partial charge on any atom is -0.469 e. The smallest absolute Gasteiger partial charge is 0.125 e. The van der Waals surface area contributed by atoms with E-state index in [1.807, 2.05) is 10.8 Å². The standard InChI is InChI=1S/C6H6O2S/c1-2-8-4-6-9-5-3-7-1/h1-6H. The highest BCUT2D eigenvalue weighted by molar-refractivity contribution is 8.04. The molecule has 0 N–H and O–H groups in total. The Kier molecular flexibility index (Phi) is 2.86. The maximum absolute atomic E-state index is 4.81. The number of hydrogen-bond donors (Lipinski definition) is 0. The van der Waals surface area contributed by atoms with Crippen molar-refractivity contribution in [3.05, 3.63) is 35.9 Å². The predicted octanol–water partition coefficient (Wildman–Crippen LogP) is 2.18. The lowest BCUT2D eigenvalue weighted by Gasteiger charge is -1.85. The molecule has 3 heteroatoms. The van der Waals surface area contributed by atoms with Crippen LogP contribution in [0.25, 0.3) is 0 Å². The fourth-order valence-electron chi connectivity index (χ4n) is 0.329. The van der Waals surface area contributed by atoms with Crippen LogP contribution in [0.2, 0.25) is 0 Å². The number of rotatable bonds is 0. The van der Waals surface area contributed by atoms with E-state index in [-0.39, 0.29) is 0 Å². The van der Waals surface area contributed by atoms with Crippen molar-refractivity contribution in [1.82, 2.24) is 0 Å². The second-order valence-electron chi connectivity index (χ2n) is 1.22. The molecule has 0 saturated carbocycles. The molecule has 1 aliphatic rings. The average molecular weight is 142 g/mol. The summed E-state index contributed by atoms with van der Waals surface area (Å²) in [6.07, 6.45) is 6.10. The molecule has 0 aromatic heterocycles. The zero-order chi connectivity index (χ0) is 6.36. The van der Waals surface area contributed by atoms with Gasteiger partial charge in [-0.15, -0.1) is 0 Å². The molecule has 0 aliphatic carbocycles. The Morgan fingerprint density at radius 1 is 0.778 bits per heavy atom. The zero-order valence-corrected chi connectivity index (χ0v) is 5.51. The molecular formula is C6H6O2S. The van der Waals surface area contributed by atoms with Gasteiger partial charge in [0.25, 0.3) is 0 Å². The monoisotopic (exact) mass is 142 g/mol. The highest BCUT2D eigenvalue weighted by Gasteiger charge is 1.75. The Bertz CT molecular complexity index is 109. The molecule has 0 radical (unpaired) electrons. The summed E-state index contributed by atoms with van der Waals surface area (Å²) in [7, 11) is 0. The van der Waals surface area contributed by atoms with Gasteiger partial charge in [-0.3, -0.25) is 0 Å². The van der Waals surface area contributed by atoms with E-state index >= 15 is 0 Å². The van der Waals surface area contributed by atoms with Crippen molar-refractivity contribution in [1.29, 1.82) is 0 Å². The maximum Gasteiger partial charge on any atom is 0.125 e. The first-order valence-corrected chi connectivity index (χ1v) is 3.36. The Labute approximate surface area is 57.8 Å². The van der Waals surface area contributed by atoms with Crippen LogP contribution in [0.1, 0.15) is 0 Å². The van der Waals surface area contributed by atoms with E-state index in [4.69, 9.17) is 9.47 Å². The third-order valence-corrected chi connectivity index (χ3v) is 1.17. The van der Waals surface area contributed by atoms with Crippen LogP contribution in [-0.4, -0.2) is 0 Å². The SMILES string of the molecule is C1=COC=CSC=CO1. The fourth-order valence-corrected chi connectivity index (χ4v) is 0.676. The Morgan fingerprint density at radius 3 is 1.89 bits per heavy atom. The van der Waals surface area contributed by atoms with E-state index in [0.29, 0.717) is 0 Å². The van der Waals surface area contributed by atoms with E-state index < -0.39 is 0 Å². The maximum atomic E-state index is 4.81. The molecule has 0 spiro atoms. The summed E-state index contributed by atoms with van der Waals surface area (Å²) < 4.78 is 9.62. The molecule has 0 bridgehead atoms. The normalized spacial score (nSPS) is 16.9. The van der Waals surface area contributed by atoms with E-state index in [1.54, 1.807) is 12.5 Å². The van der Waals surface area contributed by atoms with Crippen molar-refractivity contribution in [2.45, 2.75) is 0 Å². The minimum absolute atomic E-state index is 1.46. The Hall–Kier alpha value is -0.830. The molecular weight excluding hydrogens is 136 g/mol. The summed E-state index contributed by atoms with van der Waals surface area (Å²) in [5.74, 6) is 0. The molecule has 0 aromatic carbocycles. The van der Waals surface area contributed by atoms with Crippen molar-refractivity contribution < 1.29 is 9.47 Å². The third kappa shape index (κ3) is 2.87. The molecule has 0 fully saturated rings. The molecule has 1 rings (SSSR count). The summed E-state index contributed by atoms with van der Waals surface area (Å²) in [6, 6.07) is 0. The number of hydrogen-bond acceptors (Lipinski definition) is 3. The lowest BCUT2D eigenvalue weighted by molar-refractivity contribution is 0.346. The molecule has 48 valence electrons. The van der Waals surface area contributed by atoms with Crippen molar-refractivity contribution in [3.8, 4) is 0 Å². The van der Waals surface area contributed by atoms with Crippen LogP contribution in [0.15, 0.2) is 35.9 Å². The summed E-state index contributed by atoms with van der Waals surface area (Å²) in [4.78, 5) is 0. The minimum atomic E-state index is 1.46. The Balaban J connectivity index is 2.43. The number of thioether (sulfide) groups is 1. The average Bonchev–Trinajstić information content (AvgIpc) is 2.00. The van der Waals surface area contributed by atoms with E-state index in [0.717, 1.165) is 0 Å². The lowest BCUT2D eigenvalue weighted by Crippen LogP contribution is -1.64. The van der Waals surface area contributed by atoms with Crippen molar-refractivity contribution in [2.24, 2.45) is 0 Å². The second kappa shape index (κ2) is 4.09. The van der Waals surface area contributed by atoms with Crippen LogP contribution in [0, 0.1) is 0 Å². The van der Waals surface area contributed by atoms with Crippen LogP contribution in [0.5, 0.6) is 0 Å². The topological polar surface area (TPSA) is 18.5 Å². The summed E-state index contributed by atoms with van der Waals surface area (Å²) in [6.45, 7) is 0. The Morgan fingerprint density at radius 2 is 1.33 bits per heavy atom. The summed E-state index contributed by atoms with van der Waals surface area (Å²) >= 11 is 1.49. The van der Waals surface area contributed by atoms with Gasteiger partial charge in [0.2, 0.25) is 0 Å². The first-order chi connectivity index (χ1) is 4.50. The van der Waals surface area contributed by atoms with Gasteiger partial charge in [0.1, 0.15) is 12.5 Å². The number of ether oxygens (including phenoxy) is 2. The van der Waals surface area contributed by atoms with E-state index in [1.165, 1.54) is 24.3 Å². The molecule has 1 heterocycles. The summed E-state index contributed by atoms with van der Waals surface area (Å²) in [5, 5.41) is 3.63. The molecule has 1 aliphatic heterocycles. The molecule has 0 atom stereocenters. The van der Waals surface area contributed by atoms with Gasteiger partial charge >= 0.3 is 0 Å². The van der Waals surface area contributed by atoms with Crippen LogP contribution in [0.3, 0.4) is 0 Å². The van der Waals surface area contributed by atoms with Gasteiger partial charge in [0.15, 0.2) is 0 Å². The van der Waals surface area contributed by atoms with Gasteiger partial charge in [-0.25, -0.2) is 0 Å². The molecule has 0 unspecified atom stereocenters. The fraction of sp³-hybridized carbons (Fsp3) is 0. The van der Waals surface area contributed by atoms with Crippen molar-refractivity contribution in [2.75, 3.05) is 0 Å². The quantitative estimate of drug-likeness (QED) is 0.516. The summed E-state index contributed by atoms with van der Waals surface area (Å²) in [5.41, 5.74) is 0. The highest BCUT2D eigenvalue weighted by atomic mass is 32.2. The van der Waals surface area contributed by atoms with Crippen LogP contribution in [-0.2, 0) is 9.47 Å². The van der Waals surface area contributed by atoms with Crippen LogP contribution >= 0.6 is 11.8 Å². The lowest BCUT2D eigenvalue weighted by atomic mass is 11.0. The van der Waals surface area contributed by atoms with Crippen LogP contribution < -0.4 is 0 Å². The second-order valence-corrected chi connectivity index (χ2v) is 2.04. The molecule has 0 saturated heterocycles. The van der Waals surface area contributed by atoms with Gasteiger partial charge < -0.3 is 9.47 Å².